The van der Waals surface area contributed by atoms with Crippen LogP contribution in [0.1, 0.15) is 33.3 Å². The molecule has 0 aromatic heterocycles. The summed E-state index contributed by atoms with van der Waals surface area (Å²) >= 11 is 0. The highest BCUT2D eigenvalue weighted by Crippen LogP contribution is 2.35. The number of amidine groups is 1. The third-order valence-electron chi connectivity index (χ3n) is 3.22. The monoisotopic (exact) mass is 314 g/mol. The zero-order valence-corrected chi connectivity index (χ0v) is 13.3. The molecule has 1 aromatic carbocycles. The van der Waals surface area contributed by atoms with Gasteiger partial charge >= 0.3 is 0 Å². The van der Waals surface area contributed by atoms with Gasteiger partial charge in [-0.15, -0.1) is 4.40 Å². The summed E-state index contributed by atoms with van der Waals surface area (Å²) in [5.74, 6) is 0.514. The molecule has 1 aliphatic heterocycles. The molecule has 1 aromatic rings. The maximum Gasteiger partial charge on any atom is 0.285 e. The molecule has 1 aliphatic rings. The van der Waals surface area contributed by atoms with Crippen LogP contribution in [0, 0.1) is 0 Å². The van der Waals surface area contributed by atoms with E-state index in [9.17, 15) is 12.8 Å². The first-order chi connectivity index (χ1) is 9.77. The number of fused-ring (bicyclic) bond motifs is 1. The summed E-state index contributed by atoms with van der Waals surface area (Å²) in [4.78, 5) is 1.91. The van der Waals surface area contributed by atoms with Gasteiger partial charge in [0.15, 0.2) is 5.84 Å². The maximum absolute atomic E-state index is 13.2. The van der Waals surface area contributed by atoms with Crippen molar-refractivity contribution < 1.29 is 17.5 Å². The Morgan fingerprint density at radius 1 is 1.33 bits per heavy atom. The Bertz CT molecular complexity index is 669. The largest absolute Gasteiger partial charge is 0.460 e. The third kappa shape index (κ3) is 2.88. The molecule has 1 atom stereocenters. The van der Waals surface area contributed by atoms with Gasteiger partial charge < -0.3 is 9.64 Å². The van der Waals surface area contributed by atoms with Gasteiger partial charge in [-0.25, -0.2) is 4.39 Å². The van der Waals surface area contributed by atoms with E-state index in [0.29, 0.717) is 17.9 Å². The van der Waals surface area contributed by atoms with Crippen LogP contribution >= 0.6 is 0 Å². The summed E-state index contributed by atoms with van der Waals surface area (Å²) < 4.78 is 46.5. The number of rotatable bonds is 4. The van der Waals surface area contributed by atoms with E-state index in [-0.39, 0.29) is 16.7 Å². The van der Waals surface area contributed by atoms with Gasteiger partial charge in [0.1, 0.15) is 10.6 Å². The first kappa shape index (κ1) is 15.8. The van der Waals surface area contributed by atoms with Gasteiger partial charge in [-0.05, 0) is 32.9 Å². The Kier molecular flexibility index (Phi) is 4.22. The van der Waals surface area contributed by atoms with Crippen LogP contribution in [0.2, 0.25) is 0 Å². The summed E-state index contributed by atoms with van der Waals surface area (Å²) in [5, 5.41) is 0. The first-order valence-electron chi connectivity index (χ1n) is 6.83. The highest BCUT2D eigenvalue weighted by molar-refractivity contribution is 7.90. The number of halogens is 1. The Morgan fingerprint density at radius 3 is 2.52 bits per heavy atom. The lowest BCUT2D eigenvalue weighted by Gasteiger charge is -2.27. The van der Waals surface area contributed by atoms with E-state index in [4.69, 9.17) is 4.74 Å². The van der Waals surface area contributed by atoms with Gasteiger partial charge in [-0.1, -0.05) is 6.07 Å². The minimum atomic E-state index is -3.76. The molecule has 0 saturated carbocycles. The van der Waals surface area contributed by atoms with Gasteiger partial charge in [-0.3, -0.25) is 0 Å². The molecule has 1 unspecified atom stereocenters. The predicted molar refractivity (Wildman–Crippen MR) is 78.9 cm³/mol. The summed E-state index contributed by atoms with van der Waals surface area (Å²) in [6.45, 7) is 7.63. The molecule has 0 saturated heterocycles. The molecule has 0 N–H and O–H groups in total. The Hall–Kier alpha value is -1.63. The van der Waals surface area contributed by atoms with Gasteiger partial charge in [0.2, 0.25) is 6.36 Å². The van der Waals surface area contributed by atoms with Crippen molar-refractivity contribution in [1.29, 1.82) is 0 Å². The second kappa shape index (κ2) is 5.63. The lowest BCUT2D eigenvalue weighted by Crippen LogP contribution is -2.36. The van der Waals surface area contributed by atoms with Crippen molar-refractivity contribution in [2.75, 3.05) is 6.54 Å². The van der Waals surface area contributed by atoms with Crippen molar-refractivity contribution in [1.82, 2.24) is 4.90 Å². The smallest absolute Gasteiger partial charge is 0.285 e. The molecular weight excluding hydrogens is 295 g/mol. The second-order valence-electron chi connectivity index (χ2n) is 5.06. The molecule has 116 valence electrons. The number of sulfonamides is 1. The van der Waals surface area contributed by atoms with Crippen LogP contribution in [0.3, 0.4) is 0 Å². The average molecular weight is 314 g/mol. The lowest BCUT2D eigenvalue weighted by molar-refractivity contribution is 0.0854. The van der Waals surface area contributed by atoms with E-state index in [1.54, 1.807) is 6.07 Å². The van der Waals surface area contributed by atoms with Crippen LogP contribution in [0.4, 0.5) is 4.39 Å². The Balaban J connectivity index is 2.64. The molecular formula is C14H19FN2O3S. The van der Waals surface area contributed by atoms with Gasteiger partial charge in [0.25, 0.3) is 10.0 Å². The zero-order valence-electron chi connectivity index (χ0n) is 12.5. The molecule has 21 heavy (non-hydrogen) atoms. The van der Waals surface area contributed by atoms with E-state index in [0.717, 1.165) is 0 Å². The summed E-state index contributed by atoms with van der Waals surface area (Å²) in [6, 6.07) is 4.61. The van der Waals surface area contributed by atoms with E-state index >= 15 is 0 Å². The number of nitrogens with zero attached hydrogens (tertiary/aromatic N) is 2. The van der Waals surface area contributed by atoms with E-state index in [1.165, 1.54) is 19.1 Å². The van der Waals surface area contributed by atoms with Gasteiger partial charge in [0, 0.05) is 19.5 Å². The standard InChI is InChI=1S/C14H19FN2O3S/c1-5-17(9(2)3)14-13-11(20-10(4)15)7-6-8-12(13)21(18,19)16-14/h6-10H,5H2,1-4H3. The van der Waals surface area contributed by atoms with Crippen molar-refractivity contribution in [2.24, 2.45) is 4.40 Å². The van der Waals surface area contributed by atoms with E-state index in [2.05, 4.69) is 4.40 Å². The van der Waals surface area contributed by atoms with E-state index in [1.807, 2.05) is 25.7 Å². The summed E-state index contributed by atoms with van der Waals surface area (Å²) in [7, 11) is -3.76. The molecule has 0 amide bonds. The first-order valence-corrected chi connectivity index (χ1v) is 8.27. The predicted octanol–water partition coefficient (Wildman–Crippen LogP) is 2.56. The van der Waals surface area contributed by atoms with Crippen LogP contribution in [-0.4, -0.2) is 38.1 Å². The van der Waals surface area contributed by atoms with Crippen molar-refractivity contribution in [3.63, 3.8) is 0 Å². The average Bonchev–Trinajstić information content (AvgIpc) is 2.62. The van der Waals surface area contributed by atoms with Crippen LogP contribution in [0.5, 0.6) is 5.75 Å². The molecule has 0 spiro atoms. The minimum absolute atomic E-state index is 0.0609. The Labute approximate surface area is 124 Å². The van der Waals surface area contributed by atoms with E-state index < -0.39 is 16.4 Å². The highest BCUT2D eigenvalue weighted by atomic mass is 32.2. The highest BCUT2D eigenvalue weighted by Gasteiger charge is 2.35. The molecule has 1 heterocycles. The minimum Gasteiger partial charge on any atom is -0.460 e. The quantitative estimate of drug-likeness (QED) is 0.857. The normalized spacial score (nSPS) is 17.3. The molecule has 0 radical (unpaired) electrons. The Morgan fingerprint density at radius 2 is 2.00 bits per heavy atom. The fourth-order valence-electron chi connectivity index (χ4n) is 2.38. The fourth-order valence-corrected chi connectivity index (χ4v) is 3.61. The van der Waals surface area contributed by atoms with Crippen LogP contribution in [0.25, 0.3) is 0 Å². The lowest BCUT2D eigenvalue weighted by atomic mass is 10.1. The van der Waals surface area contributed by atoms with Crippen LogP contribution in [0.15, 0.2) is 27.5 Å². The molecule has 0 aliphatic carbocycles. The van der Waals surface area contributed by atoms with Crippen LogP contribution < -0.4 is 4.74 Å². The third-order valence-corrected chi connectivity index (χ3v) is 4.53. The van der Waals surface area contributed by atoms with Crippen molar-refractivity contribution in [3.8, 4) is 5.75 Å². The molecule has 5 nitrogen and oxygen atoms in total. The fraction of sp³-hybridized carbons (Fsp3) is 0.500. The van der Waals surface area contributed by atoms with Crippen LogP contribution in [-0.2, 0) is 10.0 Å². The van der Waals surface area contributed by atoms with Gasteiger partial charge in [0.05, 0.1) is 5.56 Å². The van der Waals surface area contributed by atoms with Crippen molar-refractivity contribution in [2.45, 2.75) is 45.0 Å². The molecule has 0 fully saturated rings. The number of benzene rings is 1. The topological polar surface area (TPSA) is 59.0 Å². The summed E-state index contributed by atoms with van der Waals surface area (Å²) in [5.41, 5.74) is 0.345. The van der Waals surface area contributed by atoms with Crippen molar-refractivity contribution >= 4 is 15.9 Å². The molecule has 7 heteroatoms. The number of alkyl halides is 1. The number of hydrogen-bond acceptors (Lipinski definition) is 4. The number of ether oxygens (including phenoxy) is 1. The van der Waals surface area contributed by atoms with Gasteiger partial charge in [-0.2, -0.15) is 8.42 Å². The molecule has 0 bridgehead atoms. The maximum atomic E-state index is 13.2. The number of hydrogen-bond donors (Lipinski definition) is 0. The summed E-state index contributed by atoms with van der Waals surface area (Å²) in [6.07, 6.45) is -1.53. The zero-order chi connectivity index (χ0) is 15.8. The van der Waals surface area contributed by atoms with Crippen molar-refractivity contribution in [3.05, 3.63) is 23.8 Å². The SMILES string of the molecule is CCN(C1=NS(=O)(=O)c2cccc(OC(C)F)c21)C(C)C. The molecule has 2 rings (SSSR count). The second-order valence-corrected chi connectivity index (χ2v) is 6.63.